The van der Waals surface area contributed by atoms with Gasteiger partial charge in [-0.15, -0.1) is 0 Å². The molecule has 0 saturated heterocycles. The fourth-order valence-electron chi connectivity index (χ4n) is 1.34. The number of aromatic hydroxyl groups is 1. The van der Waals surface area contributed by atoms with Crippen LogP contribution in [0.25, 0.3) is 0 Å². The molecule has 0 saturated carbocycles. The fraction of sp³-hybridized carbons (Fsp3) is 0.400. The smallest absolute Gasteiger partial charge is 0.167 e. The van der Waals surface area contributed by atoms with Gasteiger partial charge in [0.2, 0.25) is 0 Å². The van der Waals surface area contributed by atoms with E-state index in [0.29, 0.717) is 17.1 Å². The second-order valence-corrected chi connectivity index (χ2v) is 2.90. The molecule has 0 aliphatic carbocycles. The summed E-state index contributed by atoms with van der Waals surface area (Å²) in [5, 5.41) is 9.50. The van der Waals surface area contributed by atoms with E-state index in [4.69, 9.17) is 9.47 Å². The van der Waals surface area contributed by atoms with Gasteiger partial charge >= 0.3 is 0 Å². The first-order valence-electron chi connectivity index (χ1n) is 4.03. The van der Waals surface area contributed by atoms with E-state index in [2.05, 4.69) is 0 Å². The molecule has 0 amide bonds. The summed E-state index contributed by atoms with van der Waals surface area (Å²) in [6, 6.07) is 1.66. The molecule has 0 aliphatic heterocycles. The quantitative estimate of drug-likeness (QED) is 0.760. The number of hydrogen-bond acceptors (Lipinski definition) is 3. The Balaban J connectivity index is 3.41. The zero-order valence-corrected chi connectivity index (χ0v) is 8.34. The summed E-state index contributed by atoms with van der Waals surface area (Å²) < 4.78 is 10.3. The van der Waals surface area contributed by atoms with Crippen molar-refractivity contribution >= 4 is 0 Å². The van der Waals surface area contributed by atoms with E-state index in [-0.39, 0.29) is 5.75 Å². The molecule has 0 bridgehead atoms. The lowest BCUT2D eigenvalue weighted by Crippen LogP contribution is -1.95. The highest BCUT2D eigenvalue weighted by Gasteiger charge is 2.13. The Hall–Kier alpha value is -1.38. The molecule has 0 radical (unpaired) electrons. The highest BCUT2D eigenvalue weighted by Crippen LogP contribution is 2.38. The van der Waals surface area contributed by atoms with Crippen LogP contribution in [0.1, 0.15) is 11.1 Å². The van der Waals surface area contributed by atoms with Crippen LogP contribution in [-0.2, 0) is 0 Å². The molecule has 13 heavy (non-hydrogen) atoms. The van der Waals surface area contributed by atoms with Crippen LogP contribution in [0.5, 0.6) is 17.2 Å². The number of aryl methyl sites for hydroxylation is 1. The molecule has 72 valence electrons. The molecule has 0 heterocycles. The molecule has 3 nitrogen and oxygen atoms in total. The van der Waals surface area contributed by atoms with Crippen LogP contribution in [0.3, 0.4) is 0 Å². The topological polar surface area (TPSA) is 38.7 Å². The minimum Gasteiger partial charge on any atom is -0.508 e. The maximum Gasteiger partial charge on any atom is 0.167 e. The molecule has 0 aromatic heterocycles. The van der Waals surface area contributed by atoms with Crippen LogP contribution in [0.15, 0.2) is 6.07 Å². The summed E-state index contributed by atoms with van der Waals surface area (Å²) in [4.78, 5) is 0. The number of benzene rings is 1. The first kappa shape index (κ1) is 9.71. The Morgan fingerprint density at radius 3 is 2.08 bits per heavy atom. The van der Waals surface area contributed by atoms with Crippen molar-refractivity contribution in [2.45, 2.75) is 13.8 Å². The Bertz CT molecular complexity index is 318. The van der Waals surface area contributed by atoms with E-state index in [1.807, 2.05) is 6.92 Å². The number of ether oxygens (including phenoxy) is 2. The van der Waals surface area contributed by atoms with Crippen LogP contribution >= 0.6 is 0 Å². The highest BCUT2D eigenvalue weighted by molar-refractivity contribution is 5.56. The maximum absolute atomic E-state index is 9.50. The molecule has 0 atom stereocenters. The van der Waals surface area contributed by atoms with Gasteiger partial charge in [0.1, 0.15) is 5.75 Å². The van der Waals surface area contributed by atoms with Crippen molar-refractivity contribution in [2.75, 3.05) is 14.2 Å². The van der Waals surface area contributed by atoms with E-state index in [9.17, 15) is 5.11 Å². The number of methoxy groups -OCH3 is 2. The monoisotopic (exact) mass is 182 g/mol. The number of rotatable bonds is 2. The van der Waals surface area contributed by atoms with Crippen LogP contribution in [0, 0.1) is 13.8 Å². The molecule has 0 unspecified atom stereocenters. The molecule has 0 aliphatic rings. The average Bonchev–Trinajstić information content (AvgIpc) is 2.10. The van der Waals surface area contributed by atoms with Crippen molar-refractivity contribution in [1.29, 1.82) is 0 Å². The zero-order chi connectivity index (χ0) is 10.0. The summed E-state index contributed by atoms with van der Waals surface area (Å²) in [6.07, 6.45) is 0. The molecular weight excluding hydrogens is 168 g/mol. The fourth-order valence-corrected chi connectivity index (χ4v) is 1.34. The van der Waals surface area contributed by atoms with Crippen LogP contribution < -0.4 is 9.47 Å². The molecule has 1 aromatic carbocycles. The summed E-state index contributed by atoms with van der Waals surface area (Å²) >= 11 is 0. The summed E-state index contributed by atoms with van der Waals surface area (Å²) in [6.45, 7) is 3.65. The normalized spacial score (nSPS) is 9.85. The molecule has 0 fully saturated rings. The summed E-state index contributed by atoms with van der Waals surface area (Å²) in [5.41, 5.74) is 1.56. The third-order valence-corrected chi connectivity index (χ3v) is 2.05. The third kappa shape index (κ3) is 1.54. The SMILES string of the molecule is COc1c(C)cc(O)c(C)c1OC. The number of phenols is 1. The molecule has 1 aromatic rings. The Morgan fingerprint density at radius 2 is 1.62 bits per heavy atom. The van der Waals surface area contributed by atoms with E-state index < -0.39 is 0 Å². The van der Waals surface area contributed by atoms with Crippen molar-refractivity contribution < 1.29 is 14.6 Å². The van der Waals surface area contributed by atoms with Gasteiger partial charge in [-0.05, 0) is 25.5 Å². The van der Waals surface area contributed by atoms with Gasteiger partial charge in [0.05, 0.1) is 14.2 Å². The lowest BCUT2D eigenvalue weighted by atomic mass is 10.1. The number of hydrogen-bond donors (Lipinski definition) is 1. The highest BCUT2D eigenvalue weighted by atomic mass is 16.5. The van der Waals surface area contributed by atoms with Crippen molar-refractivity contribution in [1.82, 2.24) is 0 Å². The van der Waals surface area contributed by atoms with Gasteiger partial charge in [-0.1, -0.05) is 0 Å². The molecule has 3 heteroatoms. The van der Waals surface area contributed by atoms with Crippen LogP contribution in [0.4, 0.5) is 0 Å². The Morgan fingerprint density at radius 1 is 1.08 bits per heavy atom. The standard InChI is InChI=1S/C10H14O3/c1-6-5-8(11)7(2)10(13-4)9(6)12-3/h5,11H,1-4H3. The lowest BCUT2D eigenvalue weighted by molar-refractivity contribution is 0.346. The number of phenolic OH excluding ortho intramolecular Hbond substituents is 1. The predicted molar refractivity (Wildman–Crippen MR) is 50.7 cm³/mol. The third-order valence-electron chi connectivity index (χ3n) is 2.05. The maximum atomic E-state index is 9.50. The van der Waals surface area contributed by atoms with E-state index in [0.717, 1.165) is 5.56 Å². The van der Waals surface area contributed by atoms with Crippen molar-refractivity contribution in [3.63, 3.8) is 0 Å². The van der Waals surface area contributed by atoms with Crippen molar-refractivity contribution in [3.8, 4) is 17.2 Å². The Kier molecular flexibility index (Phi) is 2.66. The second-order valence-electron chi connectivity index (χ2n) is 2.90. The van der Waals surface area contributed by atoms with Crippen LogP contribution in [-0.4, -0.2) is 19.3 Å². The minimum atomic E-state index is 0.232. The van der Waals surface area contributed by atoms with Gasteiger partial charge < -0.3 is 14.6 Å². The van der Waals surface area contributed by atoms with E-state index >= 15 is 0 Å². The molecular formula is C10H14O3. The van der Waals surface area contributed by atoms with Gasteiger partial charge in [-0.2, -0.15) is 0 Å². The van der Waals surface area contributed by atoms with Gasteiger partial charge in [0, 0.05) is 5.56 Å². The van der Waals surface area contributed by atoms with Crippen LogP contribution in [0.2, 0.25) is 0 Å². The molecule has 1 rings (SSSR count). The molecule has 1 N–H and O–H groups in total. The summed E-state index contributed by atoms with van der Waals surface area (Å²) in [7, 11) is 3.14. The van der Waals surface area contributed by atoms with Gasteiger partial charge in [0.25, 0.3) is 0 Å². The van der Waals surface area contributed by atoms with E-state index in [1.165, 1.54) is 0 Å². The van der Waals surface area contributed by atoms with Gasteiger partial charge in [0.15, 0.2) is 11.5 Å². The van der Waals surface area contributed by atoms with Crippen molar-refractivity contribution in [2.24, 2.45) is 0 Å². The first-order chi connectivity index (χ1) is 6.11. The van der Waals surface area contributed by atoms with Crippen molar-refractivity contribution in [3.05, 3.63) is 17.2 Å². The second kappa shape index (κ2) is 3.56. The largest absolute Gasteiger partial charge is 0.508 e. The molecule has 0 spiro atoms. The average molecular weight is 182 g/mol. The predicted octanol–water partition coefficient (Wildman–Crippen LogP) is 2.03. The minimum absolute atomic E-state index is 0.232. The van der Waals surface area contributed by atoms with Gasteiger partial charge in [-0.25, -0.2) is 0 Å². The van der Waals surface area contributed by atoms with Gasteiger partial charge in [-0.3, -0.25) is 0 Å². The van der Waals surface area contributed by atoms with E-state index in [1.54, 1.807) is 27.2 Å². The zero-order valence-electron chi connectivity index (χ0n) is 8.34. The summed E-state index contributed by atoms with van der Waals surface area (Å²) in [5.74, 6) is 1.51. The lowest BCUT2D eigenvalue weighted by Gasteiger charge is -2.13. The first-order valence-corrected chi connectivity index (χ1v) is 4.03. The Labute approximate surface area is 77.9 Å².